The van der Waals surface area contributed by atoms with E-state index in [0.29, 0.717) is 35.0 Å². The third kappa shape index (κ3) is 5.48. The quantitative estimate of drug-likeness (QED) is 0.473. The van der Waals surface area contributed by atoms with Crippen LogP contribution in [0.4, 0.5) is 0 Å². The van der Waals surface area contributed by atoms with Crippen molar-refractivity contribution in [2.75, 3.05) is 0 Å². The van der Waals surface area contributed by atoms with Crippen LogP contribution in [-0.2, 0) is 9.59 Å². The van der Waals surface area contributed by atoms with Gasteiger partial charge in [0.25, 0.3) is 5.91 Å². The molecule has 4 N–H and O–H groups in total. The van der Waals surface area contributed by atoms with E-state index < -0.39 is 23.9 Å². The Kier molecular flexibility index (Phi) is 6.35. The van der Waals surface area contributed by atoms with Crippen LogP contribution in [-0.4, -0.2) is 40.3 Å². The van der Waals surface area contributed by atoms with Gasteiger partial charge >= 0.3 is 0 Å². The first kappa shape index (κ1) is 23.1. The van der Waals surface area contributed by atoms with E-state index in [0.717, 1.165) is 18.2 Å². The molecular formula is C24H28ClN5O3. The monoisotopic (exact) mass is 469 g/mol. The van der Waals surface area contributed by atoms with Crippen molar-refractivity contribution in [3.05, 3.63) is 35.0 Å². The van der Waals surface area contributed by atoms with Crippen LogP contribution in [0.2, 0.25) is 5.02 Å². The van der Waals surface area contributed by atoms with E-state index in [9.17, 15) is 19.6 Å². The Balaban J connectivity index is 1.43. The highest BCUT2D eigenvalue weighted by Gasteiger charge is 2.39. The molecule has 8 nitrogen and oxygen atoms in total. The minimum absolute atomic E-state index is 0.102. The lowest BCUT2D eigenvalue weighted by Gasteiger charge is -2.21. The third-order valence-corrected chi connectivity index (χ3v) is 6.63. The highest BCUT2D eigenvalue weighted by atomic mass is 35.5. The first-order valence-electron chi connectivity index (χ1n) is 11.3. The van der Waals surface area contributed by atoms with Crippen LogP contribution < -0.4 is 16.0 Å². The number of hydrogen-bond acceptors (Lipinski definition) is 4. The van der Waals surface area contributed by atoms with E-state index in [1.54, 1.807) is 18.2 Å². The summed E-state index contributed by atoms with van der Waals surface area (Å²) >= 11 is 6.19. The van der Waals surface area contributed by atoms with Crippen LogP contribution in [0.25, 0.3) is 10.9 Å². The van der Waals surface area contributed by atoms with E-state index in [-0.39, 0.29) is 23.8 Å². The van der Waals surface area contributed by atoms with Crippen molar-refractivity contribution in [1.29, 1.82) is 5.26 Å². The molecule has 1 saturated carbocycles. The average Bonchev–Trinajstić information content (AvgIpc) is 3.38. The summed E-state index contributed by atoms with van der Waals surface area (Å²) in [6.45, 7) is 3.87. The van der Waals surface area contributed by atoms with Gasteiger partial charge in [-0.25, -0.2) is 0 Å². The standard InChI is InChI=1S/C24H28ClN5O3/c1-24(2)11-15(21(31)30-24)9-16(12-26)27-22(32)18(8-13-6-7-13)29-23(33)19-10-14-4-3-5-17(25)20(14)28-19/h3-5,10,13,15-16,18,28H,6-9,11H2,1-2H3,(H,27,32)(H,29,33)(H,30,31)/t15?,16-,18+/m0/s1. The summed E-state index contributed by atoms with van der Waals surface area (Å²) in [5.41, 5.74) is 0.653. The summed E-state index contributed by atoms with van der Waals surface area (Å²) < 4.78 is 0. The topological polar surface area (TPSA) is 127 Å². The van der Waals surface area contributed by atoms with Gasteiger partial charge in [0.1, 0.15) is 17.8 Å². The van der Waals surface area contributed by atoms with Crippen LogP contribution in [0.15, 0.2) is 24.3 Å². The molecule has 1 aromatic carbocycles. The van der Waals surface area contributed by atoms with Crippen LogP contribution in [0, 0.1) is 23.2 Å². The number of fused-ring (bicyclic) bond motifs is 1. The summed E-state index contributed by atoms with van der Waals surface area (Å²) in [4.78, 5) is 41.2. The number of H-pyrrole nitrogens is 1. The number of aromatic amines is 1. The van der Waals surface area contributed by atoms with E-state index in [1.165, 1.54) is 0 Å². The molecule has 9 heteroatoms. The fourth-order valence-corrected chi connectivity index (χ4v) is 4.71. The molecule has 1 aliphatic carbocycles. The number of halogens is 1. The van der Waals surface area contributed by atoms with Gasteiger partial charge in [-0.2, -0.15) is 5.26 Å². The molecule has 3 atom stereocenters. The fraction of sp³-hybridized carbons (Fsp3) is 0.500. The lowest BCUT2D eigenvalue weighted by Crippen LogP contribution is -2.50. The lowest BCUT2D eigenvalue weighted by atomic mass is 9.92. The van der Waals surface area contributed by atoms with Gasteiger partial charge in [0.05, 0.1) is 16.6 Å². The molecule has 0 bridgehead atoms. The molecule has 3 amide bonds. The Morgan fingerprint density at radius 2 is 2.03 bits per heavy atom. The normalized spacial score (nSPS) is 21.2. The van der Waals surface area contributed by atoms with Crippen LogP contribution >= 0.6 is 11.6 Å². The number of nitrogens with zero attached hydrogens (tertiary/aromatic N) is 1. The first-order valence-corrected chi connectivity index (χ1v) is 11.6. The molecule has 1 aliphatic heterocycles. The molecule has 174 valence electrons. The number of benzene rings is 1. The molecule has 2 heterocycles. The molecule has 2 aromatic rings. The number of rotatable bonds is 8. The van der Waals surface area contributed by atoms with Gasteiger partial charge in [0.15, 0.2) is 0 Å². The Labute approximate surface area is 197 Å². The minimum Gasteiger partial charge on any atom is -0.351 e. The highest BCUT2D eigenvalue weighted by molar-refractivity contribution is 6.35. The minimum atomic E-state index is -0.812. The van der Waals surface area contributed by atoms with Gasteiger partial charge in [-0.1, -0.05) is 36.6 Å². The molecule has 2 fully saturated rings. The van der Waals surface area contributed by atoms with Crippen LogP contribution in [0.5, 0.6) is 0 Å². The van der Waals surface area contributed by atoms with Crippen molar-refractivity contribution >= 4 is 40.2 Å². The van der Waals surface area contributed by atoms with Crippen LogP contribution in [0.1, 0.15) is 56.4 Å². The molecule has 0 radical (unpaired) electrons. The number of hydrogen-bond donors (Lipinski definition) is 4. The average molecular weight is 470 g/mol. The number of amides is 3. The number of para-hydroxylation sites is 1. The smallest absolute Gasteiger partial charge is 0.268 e. The SMILES string of the molecule is CC1(C)CC(C[C@@H](C#N)NC(=O)[C@@H](CC2CC2)NC(=O)c2cc3cccc(Cl)c3[nH]2)C(=O)N1. The number of nitriles is 1. The first-order chi connectivity index (χ1) is 15.6. The molecule has 4 rings (SSSR count). The second kappa shape index (κ2) is 9.06. The Hall–Kier alpha value is -3.05. The second-order valence-corrected chi connectivity index (χ2v) is 10.2. The lowest BCUT2D eigenvalue weighted by molar-refractivity contribution is -0.125. The van der Waals surface area contributed by atoms with E-state index in [2.05, 4.69) is 27.0 Å². The molecule has 2 aliphatic rings. The largest absolute Gasteiger partial charge is 0.351 e. The molecular weight excluding hydrogens is 442 g/mol. The molecule has 1 unspecified atom stereocenters. The summed E-state index contributed by atoms with van der Waals surface area (Å²) in [6.07, 6.45) is 3.38. The van der Waals surface area contributed by atoms with E-state index in [1.807, 2.05) is 19.9 Å². The molecule has 0 spiro atoms. The number of aromatic nitrogens is 1. The van der Waals surface area contributed by atoms with Gasteiger partial charge in [0, 0.05) is 16.8 Å². The van der Waals surface area contributed by atoms with Gasteiger partial charge in [-0.05, 0) is 51.2 Å². The van der Waals surface area contributed by atoms with Gasteiger partial charge < -0.3 is 20.9 Å². The van der Waals surface area contributed by atoms with Crippen LogP contribution in [0.3, 0.4) is 0 Å². The second-order valence-electron chi connectivity index (χ2n) is 9.79. The molecule has 1 saturated heterocycles. The van der Waals surface area contributed by atoms with Gasteiger partial charge in [-0.15, -0.1) is 0 Å². The Bertz CT molecular complexity index is 1130. The predicted octanol–water partition coefficient (Wildman–Crippen LogP) is 3.03. The zero-order chi connectivity index (χ0) is 23.8. The fourth-order valence-electron chi connectivity index (χ4n) is 4.48. The summed E-state index contributed by atoms with van der Waals surface area (Å²) in [7, 11) is 0. The zero-order valence-corrected chi connectivity index (χ0v) is 19.5. The summed E-state index contributed by atoms with van der Waals surface area (Å²) in [6, 6.07) is 7.60. The van der Waals surface area contributed by atoms with Crippen molar-refractivity contribution < 1.29 is 14.4 Å². The maximum Gasteiger partial charge on any atom is 0.268 e. The van der Waals surface area contributed by atoms with Crippen molar-refractivity contribution in [2.45, 2.75) is 63.6 Å². The van der Waals surface area contributed by atoms with Crippen molar-refractivity contribution in [3.8, 4) is 6.07 Å². The highest BCUT2D eigenvalue weighted by Crippen LogP contribution is 2.34. The number of carbonyl (C=O) groups excluding carboxylic acids is 3. The molecule has 1 aromatic heterocycles. The number of nitrogens with one attached hydrogen (secondary N) is 4. The van der Waals surface area contributed by atoms with Crippen molar-refractivity contribution in [3.63, 3.8) is 0 Å². The summed E-state index contributed by atoms with van der Waals surface area (Å²) in [5, 5.41) is 19.4. The molecule has 33 heavy (non-hydrogen) atoms. The van der Waals surface area contributed by atoms with E-state index >= 15 is 0 Å². The third-order valence-electron chi connectivity index (χ3n) is 6.32. The van der Waals surface area contributed by atoms with Gasteiger partial charge in [-0.3, -0.25) is 14.4 Å². The van der Waals surface area contributed by atoms with Crippen molar-refractivity contribution in [2.24, 2.45) is 11.8 Å². The summed E-state index contributed by atoms with van der Waals surface area (Å²) in [5.74, 6) is -0.880. The predicted molar refractivity (Wildman–Crippen MR) is 124 cm³/mol. The Morgan fingerprint density at radius 1 is 1.27 bits per heavy atom. The van der Waals surface area contributed by atoms with Gasteiger partial charge in [0.2, 0.25) is 11.8 Å². The maximum atomic E-state index is 13.0. The van der Waals surface area contributed by atoms with Crippen molar-refractivity contribution in [1.82, 2.24) is 20.9 Å². The number of carbonyl (C=O) groups is 3. The van der Waals surface area contributed by atoms with E-state index in [4.69, 9.17) is 11.6 Å². The zero-order valence-electron chi connectivity index (χ0n) is 18.7. The maximum absolute atomic E-state index is 13.0. The Morgan fingerprint density at radius 3 is 2.64 bits per heavy atom.